The van der Waals surface area contributed by atoms with Crippen LogP contribution in [0, 0.1) is 12.8 Å². The van der Waals surface area contributed by atoms with Gasteiger partial charge in [0.2, 0.25) is 5.91 Å². The van der Waals surface area contributed by atoms with E-state index in [1.165, 1.54) is 0 Å². The minimum atomic E-state index is -0.0960. The lowest BCUT2D eigenvalue weighted by Crippen LogP contribution is -2.51. The van der Waals surface area contributed by atoms with Gasteiger partial charge in [-0.25, -0.2) is 0 Å². The Morgan fingerprint density at radius 2 is 2.39 bits per heavy atom. The second-order valence-electron chi connectivity index (χ2n) is 6.26. The first-order chi connectivity index (χ1) is 11.1. The zero-order chi connectivity index (χ0) is 16.2. The third kappa shape index (κ3) is 3.97. The Bertz CT molecular complexity index is 571. The highest BCUT2D eigenvalue weighted by Crippen LogP contribution is 2.29. The van der Waals surface area contributed by atoms with Crippen LogP contribution in [0.3, 0.4) is 0 Å². The third-order valence-electron chi connectivity index (χ3n) is 4.62. The van der Waals surface area contributed by atoms with E-state index in [9.17, 15) is 9.59 Å². The molecule has 3 rings (SSSR count). The summed E-state index contributed by atoms with van der Waals surface area (Å²) < 4.78 is 10.5. The molecule has 7 heteroatoms. The predicted molar refractivity (Wildman–Crippen MR) is 83.0 cm³/mol. The number of hydrogen-bond donors (Lipinski definition) is 1. The highest BCUT2D eigenvalue weighted by Gasteiger charge is 2.37. The molecule has 1 amide bonds. The topological polar surface area (TPSA) is 84.7 Å². The molecule has 0 unspecified atom stereocenters. The molecule has 2 fully saturated rings. The maximum absolute atomic E-state index is 12.0. The number of hydrogen-bond acceptors (Lipinski definition) is 6. The highest BCUT2D eigenvalue weighted by atomic mass is 16.5. The minimum absolute atomic E-state index is 0.0663. The smallest absolute Gasteiger partial charge is 0.226 e. The molecule has 1 N–H and O–H groups in total. The summed E-state index contributed by atoms with van der Waals surface area (Å²) in [5.74, 6) is 1.41. The molecule has 0 radical (unpaired) electrons. The second kappa shape index (κ2) is 7.23. The second-order valence-corrected chi connectivity index (χ2v) is 6.26. The van der Waals surface area contributed by atoms with Gasteiger partial charge in [0.05, 0.1) is 13.2 Å². The first-order valence-electron chi connectivity index (χ1n) is 8.21. The number of nitrogens with zero attached hydrogens (tertiary/aromatic N) is 2. The number of carbonyl (C=O) groups is 2. The van der Waals surface area contributed by atoms with Crippen LogP contribution < -0.4 is 5.32 Å². The van der Waals surface area contributed by atoms with Gasteiger partial charge in [0.15, 0.2) is 5.82 Å². The van der Waals surface area contributed by atoms with E-state index in [1.807, 2.05) is 0 Å². The average Bonchev–Trinajstić information content (AvgIpc) is 3.14. The largest absolute Gasteiger partial charge is 0.378 e. The number of aromatic nitrogens is 1. The van der Waals surface area contributed by atoms with Gasteiger partial charge in [0, 0.05) is 44.0 Å². The first-order valence-corrected chi connectivity index (χ1v) is 8.21. The summed E-state index contributed by atoms with van der Waals surface area (Å²) in [4.78, 5) is 26.3. The molecule has 0 aromatic carbocycles. The Morgan fingerprint density at radius 3 is 3.09 bits per heavy atom. The van der Waals surface area contributed by atoms with Crippen LogP contribution in [0.15, 0.2) is 10.6 Å². The molecule has 2 atom stereocenters. The molecule has 2 heterocycles. The van der Waals surface area contributed by atoms with E-state index >= 15 is 0 Å². The number of amides is 1. The lowest BCUT2D eigenvalue weighted by Gasteiger charge is -2.38. The van der Waals surface area contributed by atoms with E-state index < -0.39 is 0 Å². The zero-order valence-electron chi connectivity index (χ0n) is 13.4. The fourth-order valence-electron chi connectivity index (χ4n) is 3.43. The van der Waals surface area contributed by atoms with Crippen molar-refractivity contribution in [1.29, 1.82) is 0 Å². The molecule has 1 aliphatic carbocycles. The maximum Gasteiger partial charge on any atom is 0.226 e. The van der Waals surface area contributed by atoms with Crippen LogP contribution in [-0.2, 0) is 14.3 Å². The van der Waals surface area contributed by atoms with E-state index in [-0.39, 0.29) is 17.9 Å². The minimum Gasteiger partial charge on any atom is -0.378 e. The van der Waals surface area contributed by atoms with Crippen LogP contribution in [0.25, 0.3) is 0 Å². The number of Topliss-reactive ketones (excluding diaryl/α,β-unsaturated/α-hetero) is 1. The molecule has 1 aromatic heterocycles. The summed E-state index contributed by atoms with van der Waals surface area (Å²) in [6, 6.07) is 1.80. The Hall–Kier alpha value is -1.73. The summed E-state index contributed by atoms with van der Waals surface area (Å²) in [7, 11) is 0. The Morgan fingerprint density at radius 1 is 1.52 bits per heavy atom. The quantitative estimate of drug-likeness (QED) is 0.882. The Kier molecular flexibility index (Phi) is 5.07. The van der Waals surface area contributed by atoms with Gasteiger partial charge < -0.3 is 14.6 Å². The van der Waals surface area contributed by atoms with Crippen LogP contribution in [-0.4, -0.2) is 54.1 Å². The first kappa shape index (κ1) is 16.1. The van der Waals surface area contributed by atoms with E-state index in [0.717, 1.165) is 19.4 Å². The fourth-order valence-corrected chi connectivity index (χ4v) is 3.43. The van der Waals surface area contributed by atoms with Crippen molar-refractivity contribution < 1.29 is 18.8 Å². The van der Waals surface area contributed by atoms with Crippen LogP contribution in [0.5, 0.6) is 0 Å². The average molecular weight is 321 g/mol. The predicted octanol–water partition coefficient (Wildman–Crippen LogP) is 1.38. The summed E-state index contributed by atoms with van der Waals surface area (Å²) in [5.41, 5.74) is 0. The molecular formula is C16H23N3O4. The zero-order valence-corrected chi connectivity index (χ0v) is 13.4. The van der Waals surface area contributed by atoms with Crippen LogP contribution in [0.1, 0.15) is 31.4 Å². The number of morpholine rings is 1. The van der Waals surface area contributed by atoms with Gasteiger partial charge in [-0.1, -0.05) is 5.16 Å². The van der Waals surface area contributed by atoms with Gasteiger partial charge in [-0.05, 0) is 19.8 Å². The van der Waals surface area contributed by atoms with Crippen LogP contribution in [0.4, 0.5) is 5.82 Å². The number of ketones is 1. The van der Waals surface area contributed by atoms with Crippen molar-refractivity contribution in [3.05, 3.63) is 11.8 Å². The van der Waals surface area contributed by atoms with Crippen LogP contribution >= 0.6 is 0 Å². The molecule has 1 aliphatic heterocycles. The molecule has 2 aliphatic rings. The molecule has 126 valence electrons. The Balaban J connectivity index is 1.52. The van der Waals surface area contributed by atoms with Gasteiger partial charge in [-0.2, -0.15) is 0 Å². The number of nitrogens with one attached hydrogen (secondary N) is 1. The number of aryl methyl sites for hydroxylation is 1. The van der Waals surface area contributed by atoms with E-state index in [1.54, 1.807) is 13.0 Å². The summed E-state index contributed by atoms with van der Waals surface area (Å²) in [5, 5.41) is 6.48. The van der Waals surface area contributed by atoms with Crippen molar-refractivity contribution in [2.45, 2.75) is 38.6 Å². The molecule has 23 heavy (non-hydrogen) atoms. The van der Waals surface area contributed by atoms with Crippen molar-refractivity contribution in [3.8, 4) is 0 Å². The number of carbonyl (C=O) groups excluding carboxylic acids is 2. The Labute approximate surface area is 135 Å². The van der Waals surface area contributed by atoms with Gasteiger partial charge in [-0.15, -0.1) is 0 Å². The van der Waals surface area contributed by atoms with Gasteiger partial charge in [-0.3, -0.25) is 14.5 Å². The summed E-state index contributed by atoms with van der Waals surface area (Å²) in [6.45, 7) is 4.41. The van der Waals surface area contributed by atoms with Gasteiger partial charge in [0.25, 0.3) is 0 Å². The molecule has 0 spiro atoms. The van der Waals surface area contributed by atoms with Crippen molar-refractivity contribution in [1.82, 2.24) is 10.1 Å². The number of rotatable bonds is 5. The molecule has 1 aromatic rings. The van der Waals surface area contributed by atoms with Crippen molar-refractivity contribution in [2.24, 2.45) is 5.92 Å². The van der Waals surface area contributed by atoms with Crippen molar-refractivity contribution in [2.75, 3.05) is 31.6 Å². The number of anilines is 1. The number of ether oxygens (including phenoxy) is 1. The molecule has 1 saturated heterocycles. The van der Waals surface area contributed by atoms with E-state index in [2.05, 4.69) is 15.4 Å². The van der Waals surface area contributed by atoms with Gasteiger partial charge >= 0.3 is 0 Å². The summed E-state index contributed by atoms with van der Waals surface area (Å²) in [6.07, 6.45) is 2.96. The lowest BCUT2D eigenvalue weighted by atomic mass is 9.95. The fraction of sp³-hybridized carbons (Fsp3) is 0.688. The lowest BCUT2D eigenvalue weighted by molar-refractivity contribution is -0.125. The molecule has 7 nitrogen and oxygen atoms in total. The molecule has 1 saturated carbocycles. The standard InChI is InChI=1S/C16H23N3O4/c1-11-9-15(18-23-11)17-16(21)5-6-19-7-8-22-10-13(19)12-3-2-4-14(12)20/h9,12-13H,2-8,10H2,1H3,(H,17,18,21)/t12-,13-/m0/s1. The van der Waals surface area contributed by atoms with Crippen molar-refractivity contribution >= 4 is 17.5 Å². The van der Waals surface area contributed by atoms with Gasteiger partial charge in [0.1, 0.15) is 11.5 Å². The molecule has 0 bridgehead atoms. The monoisotopic (exact) mass is 321 g/mol. The SMILES string of the molecule is Cc1cc(NC(=O)CCN2CCOC[C@H]2[C@@H]2CCCC2=O)no1. The van der Waals surface area contributed by atoms with E-state index in [4.69, 9.17) is 9.26 Å². The third-order valence-corrected chi connectivity index (χ3v) is 4.62. The van der Waals surface area contributed by atoms with E-state index in [0.29, 0.717) is 50.0 Å². The van der Waals surface area contributed by atoms with Crippen molar-refractivity contribution in [3.63, 3.8) is 0 Å². The van der Waals surface area contributed by atoms with Crippen LogP contribution in [0.2, 0.25) is 0 Å². The highest BCUT2D eigenvalue weighted by molar-refractivity contribution is 5.89. The maximum atomic E-state index is 12.0. The summed E-state index contributed by atoms with van der Waals surface area (Å²) >= 11 is 0. The molecular weight excluding hydrogens is 298 g/mol. The normalized spacial score (nSPS) is 25.7.